The highest BCUT2D eigenvalue weighted by molar-refractivity contribution is 7.57. The summed E-state index contributed by atoms with van der Waals surface area (Å²) in [5.74, 6) is 1.18. The zero-order chi connectivity index (χ0) is 13.6. The first-order chi connectivity index (χ1) is 8.50. The van der Waals surface area contributed by atoms with E-state index < -0.39 is 18.8 Å². The predicted octanol–water partition coefficient (Wildman–Crippen LogP) is 1.23. The maximum Gasteiger partial charge on any atom is 0.355 e. The summed E-state index contributed by atoms with van der Waals surface area (Å²) in [6, 6.07) is 1.18. The van der Waals surface area contributed by atoms with Gasteiger partial charge in [-0.3, -0.25) is 18.9 Å². The first-order valence-electron chi connectivity index (χ1n) is 5.40. The second-order valence-corrected chi connectivity index (χ2v) is 5.09. The zero-order valence-electron chi connectivity index (χ0n) is 10.2. The van der Waals surface area contributed by atoms with Crippen LogP contribution < -0.4 is 11.2 Å². The lowest BCUT2D eigenvalue weighted by molar-refractivity contribution is 0.229. The Morgan fingerprint density at radius 1 is 1.33 bits per heavy atom. The second-order valence-electron chi connectivity index (χ2n) is 3.19. The van der Waals surface area contributed by atoms with E-state index in [2.05, 4.69) is 4.98 Å². The van der Waals surface area contributed by atoms with Crippen LogP contribution in [-0.2, 0) is 13.6 Å². The number of nitrogens with zero attached hydrogens (tertiary/aromatic N) is 1. The van der Waals surface area contributed by atoms with Gasteiger partial charge in [0.25, 0.3) is 5.56 Å². The summed E-state index contributed by atoms with van der Waals surface area (Å²) in [5, 5.41) is 0. The number of hydrogen-bond donors (Lipinski definition) is 1. The molecule has 0 unspecified atom stereocenters. The van der Waals surface area contributed by atoms with Gasteiger partial charge in [0.1, 0.15) is 0 Å². The lowest BCUT2D eigenvalue weighted by Gasteiger charge is -2.12. The standard InChI is InChI=1S/C10H15N2O5P/c1-3-16-18(15,17-4-2)8-7-12-6-5-9(13)11-10(12)14/h5-8H,3-4H2,1-2H3,(H,11,13,14)/b8-7+. The van der Waals surface area contributed by atoms with Gasteiger partial charge in [0.2, 0.25) is 0 Å². The van der Waals surface area contributed by atoms with E-state index in [-0.39, 0.29) is 13.2 Å². The van der Waals surface area contributed by atoms with Crippen molar-refractivity contribution in [3.05, 3.63) is 38.9 Å². The van der Waals surface area contributed by atoms with Crippen LogP contribution >= 0.6 is 7.60 Å². The first kappa shape index (κ1) is 14.6. The minimum absolute atomic E-state index is 0.224. The van der Waals surface area contributed by atoms with Crippen molar-refractivity contribution in [3.63, 3.8) is 0 Å². The van der Waals surface area contributed by atoms with E-state index >= 15 is 0 Å². The highest BCUT2D eigenvalue weighted by Crippen LogP contribution is 2.49. The van der Waals surface area contributed by atoms with Crippen molar-refractivity contribution in [1.82, 2.24) is 9.55 Å². The van der Waals surface area contributed by atoms with Gasteiger partial charge in [0.15, 0.2) is 0 Å². The number of nitrogens with one attached hydrogen (secondary N) is 1. The molecule has 0 saturated heterocycles. The number of hydrogen-bond acceptors (Lipinski definition) is 5. The van der Waals surface area contributed by atoms with Crippen molar-refractivity contribution >= 4 is 13.8 Å². The third-order valence-electron chi connectivity index (χ3n) is 1.88. The molecule has 1 aromatic heterocycles. The summed E-state index contributed by atoms with van der Waals surface area (Å²) in [6.07, 6.45) is 2.50. The molecule has 1 N–H and O–H groups in total. The van der Waals surface area contributed by atoms with Crippen molar-refractivity contribution in [3.8, 4) is 0 Å². The number of rotatable bonds is 6. The molecule has 0 aliphatic rings. The summed E-state index contributed by atoms with van der Waals surface area (Å²) in [7, 11) is -3.35. The average Bonchev–Trinajstić information content (AvgIpc) is 2.28. The molecule has 1 aromatic rings. The third kappa shape index (κ3) is 4.10. The van der Waals surface area contributed by atoms with Crippen molar-refractivity contribution < 1.29 is 13.6 Å². The Morgan fingerprint density at radius 3 is 2.44 bits per heavy atom. The van der Waals surface area contributed by atoms with Crippen molar-refractivity contribution in [2.75, 3.05) is 13.2 Å². The van der Waals surface area contributed by atoms with Crippen molar-refractivity contribution in [2.24, 2.45) is 0 Å². The Balaban J connectivity index is 2.99. The van der Waals surface area contributed by atoms with E-state index in [4.69, 9.17) is 9.05 Å². The van der Waals surface area contributed by atoms with Gasteiger partial charge in [-0.1, -0.05) is 0 Å². The third-order valence-corrected chi connectivity index (χ3v) is 3.61. The van der Waals surface area contributed by atoms with Gasteiger partial charge >= 0.3 is 13.3 Å². The van der Waals surface area contributed by atoms with E-state index in [1.165, 1.54) is 24.3 Å². The van der Waals surface area contributed by atoms with Gasteiger partial charge in [-0.05, 0) is 13.8 Å². The average molecular weight is 274 g/mol. The van der Waals surface area contributed by atoms with Crippen LogP contribution in [0.3, 0.4) is 0 Å². The molecule has 1 rings (SSSR count). The number of aromatic nitrogens is 2. The van der Waals surface area contributed by atoms with Crippen LogP contribution in [0.5, 0.6) is 0 Å². The van der Waals surface area contributed by atoms with Gasteiger partial charge in [0.05, 0.1) is 13.2 Å². The molecule has 0 fully saturated rings. The molecule has 0 aliphatic heterocycles. The van der Waals surface area contributed by atoms with Crippen LogP contribution in [0.2, 0.25) is 0 Å². The summed E-state index contributed by atoms with van der Waals surface area (Å²) < 4.78 is 23.2. The maximum absolute atomic E-state index is 12.0. The Labute approximate surface area is 104 Å². The van der Waals surface area contributed by atoms with Crippen LogP contribution in [0, 0.1) is 0 Å². The molecule has 0 saturated carbocycles. The highest BCUT2D eigenvalue weighted by atomic mass is 31.2. The molecule has 0 amide bonds. The maximum atomic E-state index is 12.0. The normalized spacial score (nSPS) is 12.1. The Hall–Kier alpha value is -1.43. The smallest absolute Gasteiger partial charge is 0.306 e. The largest absolute Gasteiger partial charge is 0.355 e. The first-order valence-corrected chi connectivity index (χ1v) is 7.01. The highest BCUT2D eigenvalue weighted by Gasteiger charge is 2.18. The summed E-state index contributed by atoms with van der Waals surface area (Å²) in [5.41, 5.74) is -1.12. The van der Waals surface area contributed by atoms with Crippen LogP contribution in [0.15, 0.2) is 27.7 Å². The lowest BCUT2D eigenvalue weighted by atomic mass is 10.6. The predicted molar refractivity (Wildman–Crippen MR) is 67.5 cm³/mol. The van der Waals surface area contributed by atoms with Gasteiger partial charge in [0, 0.05) is 24.3 Å². The number of H-pyrrole nitrogens is 1. The van der Waals surface area contributed by atoms with Crippen molar-refractivity contribution in [1.29, 1.82) is 0 Å². The monoisotopic (exact) mass is 274 g/mol. The Kier molecular flexibility index (Phi) is 5.27. The molecule has 18 heavy (non-hydrogen) atoms. The topological polar surface area (TPSA) is 90.4 Å². The molecular weight excluding hydrogens is 259 g/mol. The van der Waals surface area contributed by atoms with Crippen LogP contribution in [-0.4, -0.2) is 22.8 Å². The summed E-state index contributed by atoms with van der Waals surface area (Å²) >= 11 is 0. The number of aromatic amines is 1. The summed E-state index contributed by atoms with van der Waals surface area (Å²) in [6.45, 7) is 3.82. The second kappa shape index (κ2) is 6.49. The molecular formula is C10H15N2O5P. The molecule has 0 aromatic carbocycles. The Bertz CT molecular complexity index is 564. The molecule has 0 radical (unpaired) electrons. The van der Waals surface area contributed by atoms with E-state index in [9.17, 15) is 14.2 Å². The Morgan fingerprint density at radius 2 is 1.94 bits per heavy atom. The van der Waals surface area contributed by atoms with Crippen LogP contribution in [0.25, 0.3) is 6.20 Å². The minimum Gasteiger partial charge on any atom is -0.306 e. The molecule has 0 spiro atoms. The molecule has 0 aliphatic carbocycles. The molecule has 1 heterocycles. The van der Waals surface area contributed by atoms with E-state index in [1.54, 1.807) is 13.8 Å². The van der Waals surface area contributed by atoms with Gasteiger partial charge in [-0.25, -0.2) is 4.79 Å². The van der Waals surface area contributed by atoms with Crippen molar-refractivity contribution in [2.45, 2.75) is 13.8 Å². The van der Waals surface area contributed by atoms with E-state index in [0.29, 0.717) is 0 Å². The molecule has 8 heteroatoms. The fraction of sp³-hybridized carbons (Fsp3) is 0.400. The molecule has 0 bridgehead atoms. The van der Waals surface area contributed by atoms with Crippen LogP contribution in [0.4, 0.5) is 0 Å². The fourth-order valence-electron chi connectivity index (χ4n) is 1.18. The molecule has 0 atom stereocenters. The molecule has 7 nitrogen and oxygen atoms in total. The van der Waals surface area contributed by atoms with Gasteiger partial charge in [-0.15, -0.1) is 0 Å². The quantitative estimate of drug-likeness (QED) is 0.788. The van der Waals surface area contributed by atoms with E-state index in [0.717, 1.165) is 4.57 Å². The van der Waals surface area contributed by atoms with Gasteiger partial charge in [-0.2, -0.15) is 0 Å². The minimum atomic E-state index is -3.35. The SMILES string of the molecule is CCOP(=O)(/C=C/n1ccc(=O)[nH]c1=O)OCC. The molecule has 100 valence electrons. The summed E-state index contributed by atoms with van der Waals surface area (Å²) in [4.78, 5) is 24.3. The lowest BCUT2D eigenvalue weighted by Crippen LogP contribution is -2.25. The van der Waals surface area contributed by atoms with Gasteiger partial charge < -0.3 is 9.05 Å². The fourth-order valence-corrected chi connectivity index (χ4v) is 2.45. The zero-order valence-corrected chi connectivity index (χ0v) is 11.1. The van der Waals surface area contributed by atoms with Crippen LogP contribution in [0.1, 0.15) is 13.8 Å². The van der Waals surface area contributed by atoms with E-state index in [1.807, 2.05) is 0 Å².